The highest BCUT2D eigenvalue weighted by molar-refractivity contribution is 5.93. The van der Waals surface area contributed by atoms with E-state index in [1.165, 1.54) is 12.1 Å². The van der Waals surface area contributed by atoms with Crippen molar-refractivity contribution in [1.82, 2.24) is 0 Å². The van der Waals surface area contributed by atoms with Crippen LogP contribution in [0.2, 0.25) is 0 Å². The number of alkyl halides is 2. The van der Waals surface area contributed by atoms with Crippen LogP contribution in [0.15, 0.2) is 72.8 Å². The number of nitriles is 1. The number of hydrogen-bond acceptors (Lipinski definition) is 4. The molecule has 3 aromatic carbocycles. The summed E-state index contributed by atoms with van der Waals surface area (Å²) in [6, 6.07) is 22.6. The fraction of sp³-hybridized carbons (Fsp3) is 0.167. The van der Waals surface area contributed by atoms with Gasteiger partial charge in [-0.25, -0.2) is 0 Å². The SMILES string of the molecule is N#CCc1ccc(OCc2ccccc2NC(=O)Cc2ccc(OC(F)F)cc2)cc1. The Morgan fingerprint density at radius 3 is 2.26 bits per heavy atom. The van der Waals surface area contributed by atoms with E-state index < -0.39 is 6.61 Å². The molecule has 0 spiro atoms. The van der Waals surface area contributed by atoms with Gasteiger partial charge in [-0.05, 0) is 41.5 Å². The average Bonchev–Trinajstić information content (AvgIpc) is 2.75. The van der Waals surface area contributed by atoms with Gasteiger partial charge in [0.25, 0.3) is 0 Å². The maximum atomic E-state index is 12.4. The molecule has 0 radical (unpaired) electrons. The summed E-state index contributed by atoms with van der Waals surface area (Å²) in [6.45, 7) is -2.63. The van der Waals surface area contributed by atoms with Crippen LogP contribution in [0.1, 0.15) is 16.7 Å². The molecule has 158 valence electrons. The molecule has 7 heteroatoms. The Balaban J connectivity index is 1.58. The molecular weight excluding hydrogens is 402 g/mol. The van der Waals surface area contributed by atoms with Gasteiger partial charge in [0.2, 0.25) is 5.91 Å². The quantitative estimate of drug-likeness (QED) is 0.520. The molecule has 3 aromatic rings. The third-order valence-corrected chi connectivity index (χ3v) is 4.41. The first kappa shape index (κ1) is 21.8. The van der Waals surface area contributed by atoms with E-state index in [-0.39, 0.29) is 24.7 Å². The lowest BCUT2D eigenvalue weighted by atomic mass is 10.1. The highest BCUT2D eigenvalue weighted by Crippen LogP contribution is 2.20. The average molecular weight is 422 g/mol. The van der Waals surface area contributed by atoms with Crippen molar-refractivity contribution >= 4 is 11.6 Å². The van der Waals surface area contributed by atoms with Gasteiger partial charge in [-0.3, -0.25) is 4.79 Å². The molecule has 0 aromatic heterocycles. The lowest BCUT2D eigenvalue weighted by Crippen LogP contribution is -2.16. The molecule has 0 aliphatic heterocycles. The van der Waals surface area contributed by atoms with Crippen molar-refractivity contribution < 1.29 is 23.0 Å². The van der Waals surface area contributed by atoms with Crippen molar-refractivity contribution in [2.45, 2.75) is 26.1 Å². The first-order valence-electron chi connectivity index (χ1n) is 9.53. The van der Waals surface area contributed by atoms with Gasteiger partial charge >= 0.3 is 6.61 Å². The number of halogens is 2. The normalized spacial score (nSPS) is 10.4. The number of rotatable bonds is 9. The van der Waals surface area contributed by atoms with Gasteiger partial charge in [0.1, 0.15) is 18.1 Å². The first-order valence-corrected chi connectivity index (χ1v) is 9.53. The summed E-state index contributed by atoms with van der Waals surface area (Å²) >= 11 is 0. The summed E-state index contributed by atoms with van der Waals surface area (Å²) in [5.41, 5.74) is 3.02. The van der Waals surface area contributed by atoms with Crippen LogP contribution in [0.5, 0.6) is 11.5 Å². The highest BCUT2D eigenvalue weighted by atomic mass is 19.3. The number of amides is 1. The summed E-state index contributed by atoms with van der Waals surface area (Å²) in [4.78, 5) is 12.4. The molecule has 0 unspecified atom stereocenters. The lowest BCUT2D eigenvalue weighted by Gasteiger charge is -2.13. The van der Waals surface area contributed by atoms with E-state index >= 15 is 0 Å². The van der Waals surface area contributed by atoms with E-state index in [4.69, 9.17) is 10.00 Å². The monoisotopic (exact) mass is 422 g/mol. The van der Waals surface area contributed by atoms with Gasteiger partial charge in [0.15, 0.2) is 0 Å². The molecule has 1 amide bonds. The minimum Gasteiger partial charge on any atom is -0.489 e. The smallest absolute Gasteiger partial charge is 0.387 e. The molecule has 3 rings (SSSR count). The third kappa shape index (κ3) is 6.82. The van der Waals surface area contributed by atoms with Crippen LogP contribution >= 0.6 is 0 Å². The van der Waals surface area contributed by atoms with E-state index in [0.717, 1.165) is 11.1 Å². The highest BCUT2D eigenvalue weighted by Gasteiger charge is 2.10. The number of benzene rings is 3. The largest absolute Gasteiger partial charge is 0.489 e. The summed E-state index contributed by atoms with van der Waals surface area (Å²) < 4.78 is 34.6. The molecule has 5 nitrogen and oxygen atoms in total. The predicted octanol–water partition coefficient (Wildman–Crippen LogP) is 5.11. The van der Waals surface area contributed by atoms with Crippen molar-refractivity contribution in [3.8, 4) is 17.6 Å². The van der Waals surface area contributed by atoms with Crippen LogP contribution in [0.4, 0.5) is 14.5 Å². The molecule has 31 heavy (non-hydrogen) atoms. The second-order valence-corrected chi connectivity index (χ2v) is 6.67. The van der Waals surface area contributed by atoms with E-state index in [2.05, 4.69) is 16.1 Å². The first-order chi connectivity index (χ1) is 15.0. The number of hydrogen-bond donors (Lipinski definition) is 1. The van der Waals surface area contributed by atoms with Crippen LogP contribution in [-0.4, -0.2) is 12.5 Å². The van der Waals surface area contributed by atoms with Crippen LogP contribution < -0.4 is 14.8 Å². The van der Waals surface area contributed by atoms with Gasteiger partial charge in [-0.15, -0.1) is 0 Å². The Morgan fingerprint density at radius 2 is 1.58 bits per heavy atom. The maximum Gasteiger partial charge on any atom is 0.387 e. The Kier molecular flexibility index (Phi) is 7.55. The fourth-order valence-corrected chi connectivity index (χ4v) is 2.89. The lowest BCUT2D eigenvalue weighted by molar-refractivity contribution is -0.115. The van der Waals surface area contributed by atoms with Crippen molar-refractivity contribution in [3.05, 3.63) is 89.5 Å². The minimum absolute atomic E-state index is 0.0438. The summed E-state index contributed by atoms with van der Waals surface area (Å²) in [7, 11) is 0. The number of para-hydroxylation sites is 1. The van der Waals surface area contributed by atoms with Gasteiger partial charge in [-0.1, -0.05) is 42.5 Å². The molecule has 0 saturated heterocycles. The zero-order valence-electron chi connectivity index (χ0n) is 16.6. The fourth-order valence-electron chi connectivity index (χ4n) is 2.89. The molecule has 0 bridgehead atoms. The summed E-state index contributed by atoms with van der Waals surface area (Å²) in [6.07, 6.45) is 0.432. The van der Waals surface area contributed by atoms with Gasteiger partial charge in [0.05, 0.1) is 18.9 Å². The van der Waals surface area contributed by atoms with Crippen LogP contribution in [-0.2, 0) is 24.2 Å². The van der Waals surface area contributed by atoms with Crippen molar-refractivity contribution in [3.63, 3.8) is 0 Å². The number of ether oxygens (including phenoxy) is 2. The molecular formula is C24H20F2N2O3. The molecule has 0 heterocycles. The predicted molar refractivity (Wildman–Crippen MR) is 112 cm³/mol. The minimum atomic E-state index is -2.89. The molecule has 0 atom stereocenters. The topological polar surface area (TPSA) is 71.3 Å². The van der Waals surface area contributed by atoms with Gasteiger partial charge in [0, 0.05) is 11.3 Å². The second-order valence-electron chi connectivity index (χ2n) is 6.67. The summed E-state index contributed by atoms with van der Waals surface area (Å²) in [5, 5.41) is 11.6. The van der Waals surface area contributed by atoms with E-state index in [9.17, 15) is 13.6 Å². The number of carbonyl (C=O) groups excluding carboxylic acids is 1. The molecule has 0 aliphatic carbocycles. The van der Waals surface area contributed by atoms with Crippen LogP contribution in [0.3, 0.4) is 0 Å². The second kappa shape index (κ2) is 10.7. The Bertz CT molecular complexity index is 1050. The zero-order valence-corrected chi connectivity index (χ0v) is 16.6. The zero-order chi connectivity index (χ0) is 22.1. The number of anilines is 1. The van der Waals surface area contributed by atoms with Crippen LogP contribution in [0.25, 0.3) is 0 Å². The number of nitrogens with one attached hydrogen (secondary N) is 1. The van der Waals surface area contributed by atoms with Crippen molar-refractivity contribution in [1.29, 1.82) is 5.26 Å². The molecule has 0 fully saturated rings. The Morgan fingerprint density at radius 1 is 0.935 bits per heavy atom. The Hall–Kier alpha value is -3.92. The maximum absolute atomic E-state index is 12.4. The van der Waals surface area contributed by atoms with Crippen molar-refractivity contribution in [2.24, 2.45) is 0 Å². The Labute approximate surface area is 178 Å². The standard InChI is InChI=1S/C24H20F2N2O3/c25-24(26)31-21-11-7-18(8-12-21)15-23(29)28-22-4-2-1-3-19(22)16-30-20-9-5-17(6-10-20)13-14-27/h1-12,24H,13,15-16H2,(H,28,29). The molecule has 0 aliphatic rings. The van der Waals surface area contributed by atoms with E-state index in [1.54, 1.807) is 30.3 Å². The van der Waals surface area contributed by atoms with Gasteiger partial charge in [-0.2, -0.15) is 14.0 Å². The van der Waals surface area contributed by atoms with E-state index in [1.807, 2.05) is 30.3 Å². The summed E-state index contributed by atoms with van der Waals surface area (Å²) in [5.74, 6) is 0.465. The van der Waals surface area contributed by atoms with Crippen molar-refractivity contribution in [2.75, 3.05) is 5.32 Å². The number of nitrogens with zero attached hydrogens (tertiary/aromatic N) is 1. The molecule has 0 saturated carbocycles. The van der Waals surface area contributed by atoms with E-state index in [0.29, 0.717) is 23.4 Å². The van der Waals surface area contributed by atoms with Crippen LogP contribution in [0, 0.1) is 11.3 Å². The van der Waals surface area contributed by atoms with Gasteiger partial charge < -0.3 is 14.8 Å². The number of carbonyl (C=O) groups is 1. The molecule has 1 N–H and O–H groups in total. The third-order valence-electron chi connectivity index (χ3n) is 4.41.